The Morgan fingerprint density at radius 2 is 2.16 bits per heavy atom. The highest BCUT2D eigenvalue weighted by Gasteiger charge is 2.33. The molecular weight excluding hydrogens is 248 g/mol. The predicted octanol–water partition coefficient (Wildman–Crippen LogP) is 1.05. The van der Waals surface area contributed by atoms with Gasteiger partial charge in [-0.15, -0.1) is 0 Å². The van der Waals surface area contributed by atoms with Crippen LogP contribution in [-0.4, -0.2) is 45.1 Å². The number of nitrogens with zero attached hydrogens (tertiary/aromatic N) is 2. The minimum absolute atomic E-state index is 0.287. The highest BCUT2D eigenvalue weighted by atomic mass is 16.4. The monoisotopic (exact) mass is 268 g/mol. The topological polar surface area (TPSA) is 98.3 Å². The molecule has 0 spiro atoms. The first-order valence-electron chi connectivity index (χ1n) is 5.94. The Labute approximate surface area is 112 Å². The molecule has 1 heterocycles. The third-order valence-electron chi connectivity index (χ3n) is 2.67. The average molecular weight is 268 g/mol. The summed E-state index contributed by atoms with van der Waals surface area (Å²) >= 11 is 0. The zero-order valence-electron chi connectivity index (χ0n) is 11.6. The number of aliphatic carboxylic acids is 1. The summed E-state index contributed by atoms with van der Waals surface area (Å²) in [6.45, 7) is 5.57. The molecule has 7 nitrogen and oxygen atoms in total. The molecule has 7 heteroatoms. The first-order valence-corrected chi connectivity index (χ1v) is 5.94. The number of amides is 2. The molecule has 0 saturated carbocycles. The molecule has 1 aromatic rings. The predicted molar refractivity (Wildman–Crippen MR) is 69.5 cm³/mol. The smallest absolute Gasteiger partial charge is 0.326 e. The van der Waals surface area contributed by atoms with Crippen molar-refractivity contribution in [3.63, 3.8) is 0 Å². The fraction of sp³-hybridized carbons (Fsp3) is 0.583. The van der Waals surface area contributed by atoms with Gasteiger partial charge in [0.1, 0.15) is 11.9 Å². The van der Waals surface area contributed by atoms with Crippen molar-refractivity contribution in [1.29, 1.82) is 0 Å². The maximum absolute atomic E-state index is 11.9. The van der Waals surface area contributed by atoms with E-state index in [1.54, 1.807) is 40.2 Å². The molecule has 0 aliphatic heterocycles. The van der Waals surface area contributed by atoms with Gasteiger partial charge in [-0.05, 0) is 5.41 Å². The van der Waals surface area contributed by atoms with Crippen molar-refractivity contribution in [2.75, 3.05) is 7.05 Å². The van der Waals surface area contributed by atoms with Gasteiger partial charge in [-0.1, -0.05) is 20.8 Å². The van der Waals surface area contributed by atoms with Gasteiger partial charge >= 0.3 is 12.0 Å². The van der Waals surface area contributed by atoms with Crippen LogP contribution in [0.1, 0.15) is 26.6 Å². The number of nitrogens with one attached hydrogen (secondary N) is 2. The van der Waals surface area contributed by atoms with Crippen molar-refractivity contribution < 1.29 is 14.7 Å². The molecular formula is C12H20N4O3. The van der Waals surface area contributed by atoms with E-state index in [-0.39, 0.29) is 6.54 Å². The Hall–Kier alpha value is -2.05. The second kappa shape index (κ2) is 5.73. The third-order valence-corrected chi connectivity index (χ3v) is 2.67. The molecule has 0 radical (unpaired) electrons. The van der Waals surface area contributed by atoms with Crippen LogP contribution in [0.15, 0.2) is 12.4 Å². The summed E-state index contributed by atoms with van der Waals surface area (Å²) in [5.41, 5.74) is -0.562. The van der Waals surface area contributed by atoms with Crippen molar-refractivity contribution in [1.82, 2.24) is 20.2 Å². The maximum Gasteiger partial charge on any atom is 0.326 e. The third kappa shape index (κ3) is 4.27. The molecule has 0 aromatic carbocycles. The van der Waals surface area contributed by atoms with Crippen molar-refractivity contribution in [3.8, 4) is 0 Å². The summed E-state index contributed by atoms with van der Waals surface area (Å²) in [6.07, 6.45) is 3.26. The Morgan fingerprint density at radius 1 is 1.53 bits per heavy atom. The van der Waals surface area contributed by atoms with Gasteiger partial charge in [-0.25, -0.2) is 14.6 Å². The second-order valence-corrected chi connectivity index (χ2v) is 5.48. The van der Waals surface area contributed by atoms with Crippen LogP contribution in [0.25, 0.3) is 0 Å². The molecule has 3 N–H and O–H groups in total. The number of hydrogen-bond acceptors (Lipinski definition) is 3. The molecule has 0 bridgehead atoms. The number of carboxylic acid groups (broad SMARTS) is 1. The van der Waals surface area contributed by atoms with E-state index in [9.17, 15) is 9.59 Å². The average Bonchev–Trinajstić information content (AvgIpc) is 2.75. The van der Waals surface area contributed by atoms with E-state index in [1.165, 1.54) is 4.90 Å². The van der Waals surface area contributed by atoms with Crippen molar-refractivity contribution in [2.24, 2.45) is 5.41 Å². The lowest BCUT2D eigenvalue weighted by Crippen LogP contribution is -2.52. The standard InChI is InChI=1S/C12H20N4O3/c1-12(2,3)9(10(17)18)15-11(19)16(4)7-8-13-5-6-14-8/h5-6,9H,7H2,1-4H3,(H,13,14)(H,15,19)(H,17,18)/t9-/m1/s1. The fourth-order valence-electron chi connectivity index (χ4n) is 1.56. The van der Waals surface area contributed by atoms with Gasteiger partial charge in [-0.2, -0.15) is 0 Å². The second-order valence-electron chi connectivity index (χ2n) is 5.48. The Bertz CT molecular complexity index is 436. The number of carbonyl (C=O) groups is 2. The summed E-state index contributed by atoms with van der Waals surface area (Å²) in [5.74, 6) is -0.410. The first kappa shape index (κ1) is 15.0. The number of carboxylic acids is 1. The van der Waals surface area contributed by atoms with E-state index in [1.807, 2.05) is 0 Å². The molecule has 1 atom stereocenters. The van der Waals surface area contributed by atoms with Gasteiger partial charge in [-0.3, -0.25) is 0 Å². The highest BCUT2D eigenvalue weighted by molar-refractivity contribution is 5.83. The lowest BCUT2D eigenvalue weighted by molar-refractivity contribution is -0.142. The quantitative estimate of drug-likeness (QED) is 0.760. The SMILES string of the molecule is CN(Cc1ncc[nH]1)C(=O)N[C@H](C(=O)O)C(C)(C)C. The molecule has 0 saturated heterocycles. The largest absolute Gasteiger partial charge is 0.480 e. The first-order chi connectivity index (χ1) is 8.71. The summed E-state index contributed by atoms with van der Waals surface area (Å²) in [6, 6.07) is -1.39. The molecule has 0 aliphatic rings. The van der Waals surface area contributed by atoms with Crippen LogP contribution in [-0.2, 0) is 11.3 Å². The van der Waals surface area contributed by atoms with Crippen LogP contribution in [0, 0.1) is 5.41 Å². The highest BCUT2D eigenvalue weighted by Crippen LogP contribution is 2.19. The number of imidazole rings is 1. The number of carbonyl (C=O) groups excluding carboxylic acids is 1. The fourth-order valence-corrected chi connectivity index (χ4v) is 1.56. The van der Waals surface area contributed by atoms with Gasteiger partial charge in [0, 0.05) is 19.4 Å². The van der Waals surface area contributed by atoms with E-state index in [2.05, 4.69) is 15.3 Å². The lowest BCUT2D eigenvalue weighted by Gasteiger charge is -2.29. The van der Waals surface area contributed by atoms with Crippen LogP contribution >= 0.6 is 0 Å². The van der Waals surface area contributed by atoms with Gasteiger partial charge in [0.2, 0.25) is 0 Å². The van der Waals surface area contributed by atoms with E-state index in [0.29, 0.717) is 5.82 Å². The zero-order valence-corrected chi connectivity index (χ0v) is 11.6. The zero-order chi connectivity index (χ0) is 14.6. The van der Waals surface area contributed by atoms with Crippen molar-refractivity contribution in [3.05, 3.63) is 18.2 Å². The van der Waals surface area contributed by atoms with Gasteiger partial charge in [0.05, 0.1) is 6.54 Å². The van der Waals surface area contributed by atoms with E-state index in [4.69, 9.17) is 5.11 Å². The summed E-state index contributed by atoms with van der Waals surface area (Å²) < 4.78 is 0. The Morgan fingerprint density at radius 3 is 2.58 bits per heavy atom. The molecule has 19 heavy (non-hydrogen) atoms. The minimum Gasteiger partial charge on any atom is -0.480 e. The number of urea groups is 1. The number of aromatic nitrogens is 2. The maximum atomic E-state index is 11.9. The Kier molecular flexibility index (Phi) is 4.52. The summed E-state index contributed by atoms with van der Waals surface area (Å²) in [4.78, 5) is 31.4. The van der Waals surface area contributed by atoms with Gasteiger partial charge in [0.25, 0.3) is 0 Å². The van der Waals surface area contributed by atoms with E-state index in [0.717, 1.165) is 0 Å². The normalized spacial score (nSPS) is 12.8. The van der Waals surface area contributed by atoms with Crippen LogP contribution < -0.4 is 5.32 Å². The van der Waals surface area contributed by atoms with E-state index >= 15 is 0 Å². The number of aromatic amines is 1. The van der Waals surface area contributed by atoms with Crippen LogP contribution in [0.2, 0.25) is 0 Å². The summed E-state index contributed by atoms with van der Waals surface area (Å²) in [5, 5.41) is 11.7. The Balaban J connectivity index is 2.64. The van der Waals surface area contributed by atoms with Crippen molar-refractivity contribution in [2.45, 2.75) is 33.4 Å². The van der Waals surface area contributed by atoms with Gasteiger partial charge < -0.3 is 20.3 Å². The number of rotatable bonds is 4. The van der Waals surface area contributed by atoms with E-state index < -0.39 is 23.5 Å². The van der Waals surface area contributed by atoms with Crippen LogP contribution in [0.3, 0.4) is 0 Å². The minimum atomic E-state index is -1.05. The molecule has 2 amide bonds. The molecule has 0 unspecified atom stereocenters. The summed E-state index contributed by atoms with van der Waals surface area (Å²) in [7, 11) is 1.58. The molecule has 0 aliphatic carbocycles. The number of hydrogen-bond donors (Lipinski definition) is 3. The molecule has 1 aromatic heterocycles. The van der Waals surface area contributed by atoms with Crippen LogP contribution in [0.5, 0.6) is 0 Å². The van der Waals surface area contributed by atoms with Gasteiger partial charge in [0.15, 0.2) is 0 Å². The van der Waals surface area contributed by atoms with Crippen LogP contribution in [0.4, 0.5) is 4.79 Å². The number of H-pyrrole nitrogens is 1. The molecule has 1 rings (SSSR count). The molecule has 106 valence electrons. The lowest BCUT2D eigenvalue weighted by atomic mass is 9.87. The van der Waals surface area contributed by atoms with Crippen molar-refractivity contribution >= 4 is 12.0 Å². The molecule has 0 fully saturated rings.